The van der Waals surface area contributed by atoms with Gasteiger partial charge in [-0.05, 0) is 6.07 Å². The van der Waals surface area contributed by atoms with Crippen LogP contribution in [0.25, 0.3) is 0 Å². The summed E-state index contributed by atoms with van der Waals surface area (Å²) in [4.78, 5) is 33.1. The van der Waals surface area contributed by atoms with Crippen LogP contribution in [0.3, 0.4) is 0 Å². The van der Waals surface area contributed by atoms with Crippen molar-refractivity contribution in [1.82, 2.24) is 0 Å². The van der Waals surface area contributed by atoms with Crippen molar-refractivity contribution in [2.75, 3.05) is 12.0 Å². The summed E-state index contributed by atoms with van der Waals surface area (Å²) in [6.45, 7) is -1.39. The van der Waals surface area contributed by atoms with Gasteiger partial charge in [0.25, 0.3) is 0 Å². The number of ketones is 1. The Bertz CT molecular complexity index is 414. The maximum absolute atomic E-state index is 12.2. The summed E-state index contributed by atoms with van der Waals surface area (Å²) in [7, 11) is 0. The highest BCUT2D eigenvalue weighted by molar-refractivity contribution is 6.08. The van der Waals surface area contributed by atoms with Crippen LogP contribution in [-0.2, 0) is 14.4 Å². The van der Waals surface area contributed by atoms with Crippen LogP contribution < -0.4 is 5.32 Å². The van der Waals surface area contributed by atoms with Gasteiger partial charge in [0.15, 0.2) is 11.7 Å². The van der Waals surface area contributed by atoms with E-state index in [0.29, 0.717) is 0 Å². The summed E-state index contributed by atoms with van der Waals surface area (Å²) < 4.78 is 17.0. The third-order valence-electron chi connectivity index (χ3n) is 1.98. The zero-order valence-corrected chi connectivity index (χ0v) is 8.68. The molecule has 6 nitrogen and oxygen atoms in total. The highest BCUT2D eigenvalue weighted by atomic mass is 19.1. The van der Waals surface area contributed by atoms with E-state index in [9.17, 15) is 18.8 Å². The Kier molecular flexibility index (Phi) is 4.38. The molecule has 1 heterocycles. The van der Waals surface area contributed by atoms with E-state index < -0.39 is 36.7 Å². The molecule has 0 saturated carbocycles. The number of amides is 1. The Balaban J connectivity index is 2.72. The molecule has 92 valence electrons. The molecule has 1 unspecified atom stereocenters. The molecule has 0 aromatic carbocycles. The predicted octanol–water partition coefficient (Wildman–Crippen LogP) is 0.848. The van der Waals surface area contributed by atoms with Crippen LogP contribution in [0.5, 0.6) is 0 Å². The van der Waals surface area contributed by atoms with Crippen molar-refractivity contribution in [2.45, 2.75) is 6.42 Å². The highest BCUT2D eigenvalue weighted by Gasteiger charge is 2.29. The second-order valence-electron chi connectivity index (χ2n) is 3.22. The third kappa shape index (κ3) is 3.71. The van der Waals surface area contributed by atoms with Crippen LogP contribution in [-0.4, -0.2) is 29.4 Å². The van der Waals surface area contributed by atoms with Crippen molar-refractivity contribution in [3.8, 4) is 0 Å². The van der Waals surface area contributed by atoms with Crippen molar-refractivity contribution in [3.05, 3.63) is 18.4 Å². The molecule has 0 aliphatic heterocycles. The summed E-state index contributed by atoms with van der Waals surface area (Å²) in [5.41, 5.74) is 0. The van der Waals surface area contributed by atoms with E-state index in [2.05, 4.69) is 5.32 Å². The fourth-order valence-electron chi connectivity index (χ4n) is 1.18. The number of carboxylic acid groups (broad SMARTS) is 1. The number of anilines is 1. The van der Waals surface area contributed by atoms with E-state index in [1.165, 1.54) is 18.4 Å². The monoisotopic (exact) mass is 243 g/mol. The van der Waals surface area contributed by atoms with E-state index in [-0.39, 0.29) is 5.88 Å². The quantitative estimate of drug-likeness (QED) is 0.722. The molecule has 1 rings (SSSR count). The van der Waals surface area contributed by atoms with Gasteiger partial charge in [-0.15, -0.1) is 0 Å². The van der Waals surface area contributed by atoms with Crippen molar-refractivity contribution < 1.29 is 28.3 Å². The molecule has 17 heavy (non-hydrogen) atoms. The smallest absolute Gasteiger partial charge is 0.304 e. The summed E-state index contributed by atoms with van der Waals surface area (Å²) in [5, 5.41) is 10.7. The average Bonchev–Trinajstić information content (AvgIpc) is 2.77. The molecule has 0 spiro atoms. The fourth-order valence-corrected chi connectivity index (χ4v) is 1.18. The standard InChI is InChI=1S/C10H10FNO5/c11-5-7(13)6(4-9(14)15)10(16)12-8-2-1-3-17-8/h1-3,6H,4-5H2,(H,12,16)(H,14,15). The molecule has 0 aliphatic carbocycles. The number of nitrogens with one attached hydrogen (secondary N) is 1. The zero-order chi connectivity index (χ0) is 12.8. The van der Waals surface area contributed by atoms with Crippen molar-refractivity contribution >= 4 is 23.5 Å². The first-order valence-corrected chi connectivity index (χ1v) is 4.69. The maximum Gasteiger partial charge on any atom is 0.304 e. The number of alkyl halides is 1. The van der Waals surface area contributed by atoms with E-state index in [4.69, 9.17) is 9.52 Å². The number of Topliss-reactive ketones (excluding diaryl/α,β-unsaturated/α-hetero) is 1. The van der Waals surface area contributed by atoms with Gasteiger partial charge in [-0.25, -0.2) is 4.39 Å². The Morgan fingerprint density at radius 2 is 2.18 bits per heavy atom. The van der Waals surface area contributed by atoms with Crippen molar-refractivity contribution in [3.63, 3.8) is 0 Å². The Morgan fingerprint density at radius 1 is 1.47 bits per heavy atom. The van der Waals surface area contributed by atoms with Crippen LogP contribution in [0.1, 0.15) is 6.42 Å². The molecule has 1 amide bonds. The number of aliphatic carboxylic acids is 1. The SMILES string of the molecule is O=C(O)CC(C(=O)CF)C(=O)Nc1ccco1. The maximum atomic E-state index is 12.2. The summed E-state index contributed by atoms with van der Waals surface area (Å²) in [5.74, 6) is -4.81. The minimum Gasteiger partial charge on any atom is -0.481 e. The number of carboxylic acids is 1. The number of hydrogen-bond donors (Lipinski definition) is 2. The molecular weight excluding hydrogens is 233 g/mol. The third-order valence-corrected chi connectivity index (χ3v) is 1.98. The van der Waals surface area contributed by atoms with Crippen LogP contribution in [0.4, 0.5) is 10.3 Å². The fraction of sp³-hybridized carbons (Fsp3) is 0.300. The van der Waals surface area contributed by atoms with Crippen molar-refractivity contribution in [1.29, 1.82) is 0 Å². The minimum absolute atomic E-state index is 0.0667. The average molecular weight is 243 g/mol. The molecule has 7 heteroatoms. The second-order valence-corrected chi connectivity index (χ2v) is 3.22. The van der Waals surface area contributed by atoms with E-state index in [1.807, 2.05) is 0 Å². The first-order chi connectivity index (χ1) is 8.04. The van der Waals surface area contributed by atoms with Gasteiger partial charge in [-0.1, -0.05) is 0 Å². The van der Waals surface area contributed by atoms with Gasteiger partial charge in [0.05, 0.1) is 12.7 Å². The molecule has 2 N–H and O–H groups in total. The number of carbonyl (C=O) groups excluding carboxylic acids is 2. The van der Waals surface area contributed by atoms with Gasteiger partial charge in [0.2, 0.25) is 5.91 Å². The predicted molar refractivity (Wildman–Crippen MR) is 54.1 cm³/mol. The van der Waals surface area contributed by atoms with Gasteiger partial charge in [-0.2, -0.15) is 0 Å². The Morgan fingerprint density at radius 3 is 2.65 bits per heavy atom. The van der Waals surface area contributed by atoms with Crippen LogP contribution in [0.15, 0.2) is 22.8 Å². The minimum atomic E-state index is -1.55. The van der Waals surface area contributed by atoms with Crippen molar-refractivity contribution in [2.24, 2.45) is 5.92 Å². The molecular formula is C10H10FNO5. The Hall–Kier alpha value is -2.18. The van der Waals surface area contributed by atoms with E-state index in [0.717, 1.165) is 0 Å². The molecule has 0 aliphatic rings. The number of furan rings is 1. The Labute approximate surface area is 95.4 Å². The number of hydrogen-bond acceptors (Lipinski definition) is 4. The molecule has 0 fully saturated rings. The number of carbonyl (C=O) groups is 3. The lowest BCUT2D eigenvalue weighted by Crippen LogP contribution is -2.32. The molecule has 0 radical (unpaired) electrons. The van der Waals surface area contributed by atoms with Gasteiger partial charge in [0.1, 0.15) is 12.6 Å². The topological polar surface area (TPSA) is 96.6 Å². The first-order valence-electron chi connectivity index (χ1n) is 4.69. The number of rotatable bonds is 6. The largest absolute Gasteiger partial charge is 0.481 e. The lowest BCUT2D eigenvalue weighted by Gasteiger charge is -2.10. The van der Waals surface area contributed by atoms with E-state index >= 15 is 0 Å². The van der Waals surface area contributed by atoms with Gasteiger partial charge >= 0.3 is 5.97 Å². The summed E-state index contributed by atoms with van der Waals surface area (Å²) in [6.07, 6.45) is 0.536. The lowest BCUT2D eigenvalue weighted by atomic mass is 10.00. The van der Waals surface area contributed by atoms with E-state index in [1.54, 1.807) is 0 Å². The van der Waals surface area contributed by atoms with Crippen LogP contribution in [0.2, 0.25) is 0 Å². The van der Waals surface area contributed by atoms with Crippen LogP contribution >= 0.6 is 0 Å². The molecule has 1 aromatic heterocycles. The van der Waals surface area contributed by atoms with Gasteiger partial charge in [0, 0.05) is 6.07 Å². The molecule has 0 saturated heterocycles. The van der Waals surface area contributed by atoms with Crippen LogP contribution in [0, 0.1) is 5.92 Å². The zero-order valence-electron chi connectivity index (χ0n) is 8.68. The summed E-state index contributed by atoms with van der Waals surface area (Å²) in [6, 6.07) is 2.91. The van der Waals surface area contributed by atoms with Gasteiger partial charge in [-0.3, -0.25) is 19.7 Å². The normalized spacial score (nSPS) is 11.8. The van der Waals surface area contributed by atoms with Gasteiger partial charge < -0.3 is 9.52 Å². The highest BCUT2D eigenvalue weighted by Crippen LogP contribution is 2.12. The number of halogens is 1. The molecule has 1 aromatic rings. The molecule has 1 atom stereocenters. The lowest BCUT2D eigenvalue weighted by molar-refractivity contribution is -0.144. The first kappa shape index (κ1) is 12.9. The molecule has 0 bridgehead atoms. The second kappa shape index (κ2) is 5.78. The summed E-state index contributed by atoms with van der Waals surface area (Å²) >= 11 is 0.